The number of carbonyl (C=O) groups excluding carboxylic acids is 2. The molecule has 0 aliphatic carbocycles. The number of amides is 1. The molecular formula is C26H22N4O3. The zero-order valence-electron chi connectivity index (χ0n) is 18.2. The van der Waals surface area contributed by atoms with Crippen molar-refractivity contribution < 1.29 is 14.3 Å². The summed E-state index contributed by atoms with van der Waals surface area (Å²) >= 11 is 0. The highest BCUT2D eigenvalue weighted by molar-refractivity contribution is 6.04. The van der Waals surface area contributed by atoms with E-state index >= 15 is 0 Å². The number of anilines is 1. The van der Waals surface area contributed by atoms with Gasteiger partial charge in [-0.25, -0.2) is 9.48 Å². The Morgan fingerprint density at radius 1 is 1.03 bits per heavy atom. The fourth-order valence-electron chi connectivity index (χ4n) is 3.39. The van der Waals surface area contributed by atoms with E-state index in [2.05, 4.69) is 10.3 Å². The maximum absolute atomic E-state index is 12.7. The Balaban J connectivity index is 1.62. The highest BCUT2D eigenvalue weighted by Gasteiger charge is 2.14. The monoisotopic (exact) mass is 438 g/mol. The molecule has 0 aliphatic rings. The number of rotatable bonds is 6. The van der Waals surface area contributed by atoms with Gasteiger partial charge in [-0.3, -0.25) is 9.78 Å². The van der Waals surface area contributed by atoms with Gasteiger partial charge < -0.3 is 10.1 Å². The largest absolute Gasteiger partial charge is 0.465 e. The van der Waals surface area contributed by atoms with Crippen LogP contribution in [-0.4, -0.2) is 33.8 Å². The second-order valence-corrected chi connectivity index (χ2v) is 7.25. The van der Waals surface area contributed by atoms with E-state index in [-0.39, 0.29) is 5.91 Å². The topological polar surface area (TPSA) is 86.1 Å². The quantitative estimate of drug-likeness (QED) is 0.349. The minimum atomic E-state index is -0.450. The molecule has 1 amide bonds. The Morgan fingerprint density at radius 2 is 1.85 bits per heavy atom. The average molecular weight is 438 g/mol. The van der Waals surface area contributed by atoms with Crippen molar-refractivity contribution in [1.82, 2.24) is 14.8 Å². The average Bonchev–Trinajstić information content (AvgIpc) is 3.29. The lowest BCUT2D eigenvalue weighted by Crippen LogP contribution is -2.11. The van der Waals surface area contributed by atoms with Crippen LogP contribution in [0.4, 0.5) is 5.69 Å². The van der Waals surface area contributed by atoms with Crippen LogP contribution in [0.3, 0.4) is 0 Å². The van der Waals surface area contributed by atoms with Crippen LogP contribution in [0.2, 0.25) is 0 Å². The SMILES string of the molecule is COC(=O)c1cccc(NC(=O)/C=C/c2cn(-c3ccccc3)nc2-c2cccnc2)c1C. The van der Waals surface area contributed by atoms with Gasteiger partial charge in [0, 0.05) is 41.5 Å². The predicted molar refractivity (Wildman–Crippen MR) is 127 cm³/mol. The molecule has 2 aromatic heterocycles. The van der Waals surface area contributed by atoms with Crippen LogP contribution in [0.1, 0.15) is 21.5 Å². The van der Waals surface area contributed by atoms with E-state index in [1.807, 2.05) is 48.7 Å². The molecule has 0 saturated carbocycles. The molecule has 7 heteroatoms. The Bertz CT molecular complexity index is 1310. The minimum absolute atomic E-state index is 0.329. The highest BCUT2D eigenvalue weighted by atomic mass is 16.5. The van der Waals surface area contributed by atoms with Crippen LogP contribution < -0.4 is 5.32 Å². The van der Waals surface area contributed by atoms with Crippen molar-refractivity contribution in [3.63, 3.8) is 0 Å². The first kappa shape index (κ1) is 21.7. The molecule has 164 valence electrons. The van der Waals surface area contributed by atoms with E-state index in [4.69, 9.17) is 9.84 Å². The molecule has 4 rings (SSSR count). The number of hydrogen-bond acceptors (Lipinski definition) is 5. The zero-order chi connectivity index (χ0) is 23.2. The second-order valence-electron chi connectivity index (χ2n) is 7.25. The van der Waals surface area contributed by atoms with Crippen LogP contribution in [0.5, 0.6) is 0 Å². The molecule has 33 heavy (non-hydrogen) atoms. The maximum Gasteiger partial charge on any atom is 0.338 e. The molecule has 0 bridgehead atoms. The van der Waals surface area contributed by atoms with E-state index < -0.39 is 5.97 Å². The first-order valence-electron chi connectivity index (χ1n) is 10.3. The summed E-state index contributed by atoms with van der Waals surface area (Å²) in [5.74, 6) is -0.779. The number of carbonyl (C=O) groups is 2. The van der Waals surface area contributed by atoms with E-state index in [1.54, 1.807) is 48.3 Å². The lowest BCUT2D eigenvalue weighted by atomic mass is 10.1. The summed E-state index contributed by atoms with van der Waals surface area (Å²) in [6.45, 7) is 1.76. The third kappa shape index (κ3) is 4.88. The molecule has 2 aromatic carbocycles. The standard InChI is InChI=1S/C26H22N4O3/c1-18-22(26(32)33-2)11-6-12-23(18)28-24(31)14-13-20-17-30(21-9-4-3-5-10-21)29-25(20)19-8-7-15-27-16-19/h3-17H,1-2H3,(H,28,31)/b14-13+. The highest BCUT2D eigenvalue weighted by Crippen LogP contribution is 2.24. The first-order chi connectivity index (χ1) is 16.1. The van der Waals surface area contributed by atoms with Gasteiger partial charge in [0.2, 0.25) is 5.91 Å². The van der Waals surface area contributed by atoms with Crippen molar-refractivity contribution in [3.8, 4) is 16.9 Å². The van der Waals surface area contributed by atoms with Crippen molar-refractivity contribution in [2.75, 3.05) is 12.4 Å². The summed E-state index contributed by atoms with van der Waals surface area (Å²) in [5.41, 5.74) is 4.80. The molecule has 0 unspecified atom stereocenters. The molecule has 0 atom stereocenters. The van der Waals surface area contributed by atoms with Crippen molar-refractivity contribution in [1.29, 1.82) is 0 Å². The van der Waals surface area contributed by atoms with Gasteiger partial charge in [0.05, 0.1) is 18.4 Å². The molecule has 4 aromatic rings. The molecule has 2 heterocycles. The smallest absolute Gasteiger partial charge is 0.338 e. The van der Waals surface area contributed by atoms with Gasteiger partial charge in [-0.2, -0.15) is 5.10 Å². The van der Waals surface area contributed by atoms with Gasteiger partial charge in [-0.1, -0.05) is 24.3 Å². The fraction of sp³-hybridized carbons (Fsp3) is 0.0769. The summed E-state index contributed by atoms with van der Waals surface area (Å²) in [7, 11) is 1.32. The summed E-state index contributed by atoms with van der Waals surface area (Å²) < 4.78 is 6.56. The Hall–Kier alpha value is -4.52. The van der Waals surface area contributed by atoms with Crippen LogP contribution in [0, 0.1) is 6.92 Å². The molecule has 0 fully saturated rings. The van der Waals surface area contributed by atoms with Gasteiger partial charge in [0.25, 0.3) is 0 Å². The normalized spacial score (nSPS) is 10.8. The number of methoxy groups -OCH3 is 1. The van der Waals surface area contributed by atoms with E-state index in [0.29, 0.717) is 22.5 Å². The number of nitrogens with one attached hydrogen (secondary N) is 1. The van der Waals surface area contributed by atoms with E-state index in [1.165, 1.54) is 13.2 Å². The Kier molecular flexibility index (Phi) is 6.40. The van der Waals surface area contributed by atoms with Crippen molar-refractivity contribution >= 4 is 23.6 Å². The molecule has 0 aliphatic heterocycles. The Morgan fingerprint density at radius 3 is 2.58 bits per heavy atom. The molecular weight excluding hydrogens is 416 g/mol. The number of benzene rings is 2. The summed E-state index contributed by atoms with van der Waals surface area (Å²) in [5, 5.41) is 7.53. The minimum Gasteiger partial charge on any atom is -0.465 e. The lowest BCUT2D eigenvalue weighted by molar-refractivity contribution is -0.111. The number of para-hydroxylation sites is 1. The summed E-state index contributed by atoms with van der Waals surface area (Å²) in [6.07, 6.45) is 8.45. The van der Waals surface area contributed by atoms with Gasteiger partial charge in [-0.05, 0) is 55.0 Å². The number of esters is 1. The fourth-order valence-corrected chi connectivity index (χ4v) is 3.39. The maximum atomic E-state index is 12.7. The number of hydrogen-bond donors (Lipinski definition) is 1. The van der Waals surface area contributed by atoms with Gasteiger partial charge in [0.15, 0.2) is 0 Å². The number of pyridine rings is 1. The van der Waals surface area contributed by atoms with Gasteiger partial charge in [0.1, 0.15) is 5.69 Å². The number of aromatic nitrogens is 3. The van der Waals surface area contributed by atoms with Crippen molar-refractivity contribution in [2.24, 2.45) is 0 Å². The Labute approximate surface area is 191 Å². The first-order valence-corrected chi connectivity index (χ1v) is 10.3. The van der Waals surface area contributed by atoms with Crippen molar-refractivity contribution in [2.45, 2.75) is 6.92 Å². The zero-order valence-corrected chi connectivity index (χ0v) is 18.2. The van der Waals surface area contributed by atoms with Crippen molar-refractivity contribution in [3.05, 3.63) is 102 Å². The second kappa shape index (κ2) is 9.74. The van der Waals surface area contributed by atoms with Crippen LogP contribution >= 0.6 is 0 Å². The van der Waals surface area contributed by atoms with Gasteiger partial charge >= 0.3 is 5.97 Å². The van der Waals surface area contributed by atoms with E-state index in [9.17, 15) is 9.59 Å². The lowest BCUT2D eigenvalue weighted by Gasteiger charge is -2.10. The van der Waals surface area contributed by atoms with Gasteiger partial charge in [-0.15, -0.1) is 0 Å². The summed E-state index contributed by atoms with van der Waals surface area (Å²) in [6, 6.07) is 18.6. The third-order valence-corrected chi connectivity index (χ3v) is 5.11. The van der Waals surface area contributed by atoms with Crippen LogP contribution in [-0.2, 0) is 9.53 Å². The summed E-state index contributed by atoms with van der Waals surface area (Å²) in [4.78, 5) is 28.8. The number of nitrogens with zero attached hydrogens (tertiary/aromatic N) is 3. The van der Waals surface area contributed by atoms with Crippen LogP contribution in [0.25, 0.3) is 23.0 Å². The number of ether oxygens (including phenoxy) is 1. The molecule has 0 spiro atoms. The molecule has 1 N–H and O–H groups in total. The van der Waals surface area contributed by atoms with Crippen LogP contribution in [0.15, 0.2) is 85.3 Å². The predicted octanol–water partition coefficient (Wildman–Crippen LogP) is 4.68. The van der Waals surface area contributed by atoms with E-state index in [0.717, 1.165) is 16.8 Å². The molecule has 7 nitrogen and oxygen atoms in total. The molecule has 0 saturated heterocycles. The third-order valence-electron chi connectivity index (χ3n) is 5.11. The molecule has 0 radical (unpaired) electrons.